The van der Waals surface area contributed by atoms with Gasteiger partial charge in [0.15, 0.2) is 0 Å². The third-order valence-corrected chi connectivity index (χ3v) is 2.98. The van der Waals surface area contributed by atoms with Crippen LogP contribution in [0.1, 0.15) is 20.3 Å². The zero-order chi connectivity index (χ0) is 15.2. The molecule has 7 nitrogen and oxygen atoms in total. The van der Waals surface area contributed by atoms with E-state index in [1.54, 1.807) is 0 Å². The lowest BCUT2D eigenvalue weighted by Crippen LogP contribution is -2.33. The molecule has 0 radical (unpaired) electrons. The van der Waals surface area contributed by atoms with E-state index in [1.165, 1.54) is 0 Å². The molecule has 21 heavy (non-hydrogen) atoms. The first kappa shape index (κ1) is 15.0. The summed E-state index contributed by atoms with van der Waals surface area (Å²) >= 11 is 0. The monoisotopic (exact) mass is 288 g/mol. The largest absolute Gasteiger partial charge is 0.409 e. The molecule has 0 saturated heterocycles. The zero-order valence-electron chi connectivity index (χ0n) is 12.3. The molecule has 0 aliphatic heterocycles. The molecule has 0 saturated carbocycles. The summed E-state index contributed by atoms with van der Waals surface area (Å²) < 4.78 is 0. The Labute approximate surface area is 123 Å². The van der Waals surface area contributed by atoms with E-state index in [0.29, 0.717) is 24.8 Å². The lowest BCUT2D eigenvalue weighted by atomic mass is 10.2. The van der Waals surface area contributed by atoms with Gasteiger partial charge < -0.3 is 15.8 Å². The number of para-hydroxylation sites is 1. The van der Waals surface area contributed by atoms with Gasteiger partial charge in [-0.2, -0.15) is 0 Å². The second-order valence-electron chi connectivity index (χ2n) is 5.28. The minimum atomic E-state index is 0.192. The van der Waals surface area contributed by atoms with Gasteiger partial charge in [0.2, 0.25) is 5.95 Å². The number of fused-ring (bicyclic) bond motifs is 1. The molecule has 0 atom stereocenters. The minimum Gasteiger partial charge on any atom is -0.409 e. The number of hydrogen-bond acceptors (Lipinski definition) is 6. The van der Waals surface area contributed by atoms with E-state index >= 15 is 0 Å². The molecule has 112 valence electrons. The molecule has 2 aromatic rings. The number of oxime groups is 1. The Kier molecular flexibility index (Phi) is 4.86. The number of rotatable bonds is 6. The van der Waals surface area contributed by atoms with Crippen LogP contribution in [0.25, 0.3) is 11.0 Å². The molecule has 2 rings (SSSR count). The summed E-state index contributed by atoms with van der Waals surface area (Å²) in [6.45, 7) is 5.59. The van der Waals surface area contributed by atoms with Gasteiger partial charge in [0.05, 0.1) is 5.52 Å². The predicted octanol–water partition coefficient (Wildman–Crippen LogP) is 1.62. The minimum absolute atomic E-state index is 0.192. The molecule has 7 heteroatoms. The van der Waals surface area contributed by atoms with Crippen molar-refractivity contribution in [2.45, 2.75) is 20.3 Å². The van der Waals surface area contributed by atoms with Gasteiger partial charge in [-0.25, -0.2) is 4.98 Å². The van der Waals surface area contributed by atoms with Crippen molar-refractivity contribution in [1.29, 1.82) is 0 Å². The van der Waals surface area contributed by atoms with Gasteiger partial charge in [0, 0.05) is 19.5 Å². The predicted molar refractivity (Wildman–Crippen MR) is 82.4 cm³/mol. The van der Waals surface area contributed by atoms with Gasteiger partial charge in [-0.15, -0.1) is 10.2 Å². The van der Waals surface area contributed by atoms with Gasteiger partial charge >= 0.3 is 0 Å². The SMILES string of the molecule is CC(C)CN(CC/C(N)=N/O)c1nnc2ccccc2n1. The Morgan fingerprint density at radius 3 is 2.67 bits per heavy atom. The smallest absolute Gasteiger partial charge is 0.245 e. The number of aromatic nitrogens is 3. The van der Waals surface area contributed by atoms with Crippen LogP contribution in [0.15, 0.2) is 29.4 Å². The summed E-state index contributed by atoms with van der Waals surface area (Å²) in [6, 6.07) is 7.61. The van der Waals surface area contributed by atoms with Crippen LogP contribution in [0.4, 0.5) is 5.95 Å². The fraction of sp³-hybridized carbons (Fsp3) is 0.429. The van der Waals surface area contributed by atoms with E-state index in [0.717, 1.165) is 17.6 Å². The molecule has 1 aromatic heterocycles. The molecule has 1 heterocycles. The number of anilines is 1. The first-order chi connectivity index (χ1) is 10.1. The highest BCUT2D eigenvalue weighted by Crippen LogP contribution is 2.14. The fourth-order valence-electron chi connectivity index (χ4n) is 2.02. The highest BCUT2D eigenvalue weighted by Gasteiger charge is 2.13. The van der Waals surface area contributed by atoms with Crippen LogP contribution in [0.3, 0.4) is 0 Å². The second kappa shape index (κ2) is 6.83. The van der Waals surface area contributed by atoms with E-state index in [4.69, 9.17) is 10.9 Å². The fourth-order valence-corrected chi connectivity index (χ4v) is 2.02. The Morgan fingerprint density at radius 1 is 1.29 bits per heavy atom. The van der Waals surface area contributed by atoms with Crippen molar-refractivity contribution in [1.82, 2.24) is 15.2 Å². The maximum Gasteiger partial charge on any atom is 0.245 e. The summed E-state index contributed by atoms with van der Waals surface area (Å²) in [5, 5.41) is 20.0. The zero-order valence-corrected chi connectivity index (χ0v) is 12.3. The van der Waals surface area contributed by atoms with Crippen LogP contribution in [0, 0.1) is 5.92 Å². The van der Waals surface area contributed by atoms with E-state index in [2.05, 4.69) is 34.2 Å². The summed E-state index contributed by atoms with van der Waals surface area (Å²) in [4.78, 5) is 6.54. The molecule has 1 aromatic carbocycles. The maximum atomic E-state index is 8.64. The lowest BCUT2D eigenvalue weighted by molar-refractivity contribution is 0.317. The van der Waals surface area contributed by atoms with Gasteiger partial charge in [-0.1, -0.05) is 31.1 Å². The molecular formula is C14H20N6O. The molecule has 0 aliphatic carbocycles. The normalized spacial score (nSPS) is 12.0. The lowest BCUT2D eigenvalue weighted by Gasteiger charge is -2.23. The van der Waals surface area contributed by atoms with Crippen molar-refractivity contribution in [3.05, 3.63) is 24.3 Å². The van der Waals surface area contributed by atoms with Crippen LogP contribution in [0.2, 0.25) is 0 Å². The van der Waals surface area contributed by atoms with E-state index < -0.39 is 0 Å². The molecule has 0 aliphatic rings. The second-order valence-corrected chi connectivity index (χ2v) is 5.28. The summed E-state index contributed by atoms with van der Waals surface area (Å²) in [5.74, 6) is 1.19. The molecular weight excluding hydrogens is 268 g/mol. The van der Waals surface area contributed by atoms with E-state index in [9.17, 15) is 0 Å². The number of nitrogens with zero attached hydrogens (tertiary/aromatic N) is 5. The highest BCUT2D eigenvalue weighted by atomic mass is 16.4. The summed E-state index contributed by atoms with van der Waals surface area (Å²) in [7, 11) is 0. The number of amidine groups is 1. The third-order valence-electron chi connectivity index (χ3n) is 2.98. The topological polar surface area (TPSA) is 101 Å². The first-order valence-electron chi connectivity index (χ1n) is 6.91. The Bertz CT molecular complexity index is 628. The molecule has 0 unspecified atom stereocenters. The van der Waals surface area contributed by atoms with Gasteiger partial charge in [0.25, 0.3) is 0 Å². The van der Waals surface area contributed by atoms with E-state index in [1.807, 2.05) is 29.2 Å². The van der Waals surface area contributed by atoms with Gasteiger partial charge in [0.1, 0.15) is 11.4 Å². The first-order valence-corrected chi connectivity index (χ1v) is 6.91. The Balaban J connectivity index is 2.24. The van der Waals surface area contributed by atoms with Crippen molar-refractivity contribution in [2.24, 2.45) is 16.8 Å². The maximum absolute atomic E-state index is 8.64. The average Bonchev–Trinajstić information content (AvgIpc) is 2.50. The number of nitrogens with two attached hydrogens (primary N) is 1. The number of benzene rings is 1. The Hall–Kier alpha value is -2.44. The summed E-state index contributed by atoms with van der Waals surface area (Å²) in [5.41, 5.74) is 7.11. The Morgan fingerprint density at radius 2 is 2.00 bits per heavy atom. The van der Waals surface area contributed by atoms with E-state index in [-0.39, 0.29) is 5.84 Å². The van der Waals surface area contributed by atoms with Crippen LogP contribution in [-0.2, 0) is 0 Å². The van der Waals surface area contributed by atoms with Crippen LogP contribution < -0.4 is 10.6 Å². The number of hydrogen-bond donors (Lipinski definition) is 2. The third kappa shape index (κ3) is 4.01. The van der Waals surface area contributed by atoms with Crippen molar-refractivity contribution >= 4 is 22.8 Å². The van der Waals surface area contributed by atoms with Crippen LogP contribution in [0.5, 0.6) is 0 Å². The van der Waals surface area contributed by atoms with Gasteiger partial charge in [-0.05, 0) is 18.1 Å². The average molecular weight is 288 g/mol. The highest BCUT2D eigenvalue weighted by molar-refractivity contribution is 5.80. The van der Waals surface area contributed by atoms with Gasteiger partial charge in [-0.3, -0.25) is 0 Å². The molecule has 3 N–H and O–H groups in total. The standard InChI is InChI=1S/C14H20N6O/c1-10(2)9-20(8-7-13(15)19-21)14-16-11-5-3-4-6-12(11)17-18-14/h3-6,10,21H,7-9H2,1-2H3,(H2,15,19). The molecule has 0 amide bonds. The van der Waals surface area contributed by atoms with Crippen molar-refractivity contribution in [3.63, 3.8) is 0 Å². The molecule has 0 bridgehead atoms. The molecule has 0 fully saturated rings. The van der Waals surface area contributed by atoms with Crippen LogP contribution >= 0.6 is 0 Å². The quantitative estimate of drug-likeness (QED) is 0.362. The van der Waals surface area contributed by atoms with Crippen molar-refractivity contribution in [3.8, 4) is 0 Å². The molecule has 0 spiro atoms. The summed E-state index contributed by atoms with van der Waals surface area (Å²) in [6.07, 6.45) is 0.444. The van der Waals surface area contributed by atoms with Crippen molar-refractivity contribution in [2.75, 3.05) is 18.0 Å². The van der Waals surface area contributed by atoms with Crippen LogP contribution in [-0.4, -0.2) is 39.3 Å². The van der Waals surface area contributed by atoms with Crippen molar-refractivity contribution < 1.29 is 5.21 Å².